The lowest BCUT2D eigenvalue weighted by atomic mass is 9.90. The van der Waals surface area contributed by atoms with Crippen molar-refractivity contribution in [1.29, 1.82) is 0 Å². The van der Waals surface area contributed by atoms with Crippen LogP contribution in [0.15, 0.2) is 0 Å². The van der Waals surface area contributed by atoms with Gasteiger partial charge >= 0.3 is 0 Å². The molecule has 1 N–H and O–H groups in total. The second-order valence-electron chi connectivity index (χ2n) is 4.10. The van der Waals surface area contributed by atoms with Crippen LogP contribution in [0.2, 0.25) is 0 Å². The molecule has 2 aliphatic rings. The van der Waals surface area contributed by atoms with Crippen LogP contribution in [-0.2, 0) is 0 Å². The Morgan fingerprint density at radius 3 is 2.50 bits per heavy atom. The molecule has 0 spiro atoms. The highest BCUT2D eigenvalue weighted by atomic mass is 16.3. The summed E-state index contributed by atoms with van der Waals surface area (Å²) in [5.74, 6) is 1.45. The van der Waals surface area contributed by atoms with E-state index in [-0.39, 0.29) is 6.10 Å². The van der Waals surface area contributed by atoms with E-state index in [1.807, 2.05) is 0 Å². The first-order chi connectivity index (χ1) is 4.70. The van der Waals surface area contributed by atoms with E-state index >= 15 is 0 Å². The smallest absolute Gasteiger partial charge is 0.0576 e. The largest absolute Gasteiger partial charge is 0.393 e. The third kappa shape index (κ3) is 0.572. The second-order valence-corrected chi connectivity index (χ2v) is 4.10. The van der Waals surface area contributed by atoms with Crippen molar-refractivity contribution < 1.29 is 5.11 Å². The Balaban J connectivity index is 2.16. The maximum Gasteiger partial charge on any atom is 0.0576 e. The molecule has 2 fully saturated rings. The highest BCUT2D eigenvalue weighted by Gasteiger charge is 2.63. The molecule has 10 heavy (non-hydrogen) atoms. The van der Waals surface area contributed by atoms with Crippen LogP contribution >= 0.6 is 0 Å². The first-order valence-electron chi connectivity index (χ1n) is 4.39. The van der Waals surface area contributed by atoms with Gasteiger partial charge in [-0.2, -0.15) is 0 Å². The van der Waals surface area contributed by atoms with Gasteiger partial charge in [0, 0.05) is 0 Å². The quantitative estimate of drug-likeness (QED) is 0.589. The average Bonchev–Trinajstić information content (AvgIpc) is 2.57. The predicted octanol–water partition coefficient (Wildman–Crippen LogP) is 1.80. The summed E-state index contributed by atoms with van der Waals surface area (Å²) < 4.78 is 0. The number of fused-ring (bicyclic) bond motifs is 1. The Hall–Kier alpha value is -0.0400. The number of hydrogen-bond acceptors (Lipinski definition) is 1. The van der Waals surface area contributed by atoms with Crippen LogP contribution in [0.3, 0.4) is 0 Å². The molecule has 2 aliphatic carbocycles. The van der Waals surface area contributed by atoms with Crippen molar-refractivity contribution in [2.24, 2.45) is 17.3 Å². The first kappa shape index (κ1) is 6.66. The summed E-state index contributed by atoms with van der Waals surface area (Å²) in [5, 5.41) is 9.51. The molecule has 0 aromatic heterocycles. The van der Waals surface area contributed by atoms with Gasteiger partial charge < -0.3 is 5.11 Å². The fourth-order valence-corrected chi connectivity index (χ4v) is 2.95. The van der Waals surface area contributed by atoms with Gasteiger partial charge in [0.2, 0.25) is 0 Å². The van der Waals surface area contributed by atoms with Gasteiger partial charge in [-0.25, -0.2) is 0 Å². The maximum absolute atomic E-state index is 9.51. The number of aliphatic hydroxyl groups excluding tert-OH is 1. The van der Waals surface area contributed by atoms with Crippen molar-refractivity contribution in [2.75, 3.05) is 0 Å². The molecule has 2 rings (SSSR count). The van der Waals surface area contributed by atoms with Crippen molar-refractivity contribution in [1.82, 2.24) is 0 Å². The molecule has 58 valence electrons. The van der Waals surface area contributed by atoms with E-state index < -0.39 is 0 Å². The van der Waals surface area contributed by atoms with E-state index in [2.05, 4.69) is 13.8 Å². The molecule has 0 aliphatic heterocycles. The van der Waals surface area contributed by atoms with Crippen LogP contribution in [0.4, 0.5) is 0 Å². The monoisotopic (exact) mass is 140 g/mol. The van der Waals surface area contributed by atoms with Gasteiger partial charge in [-0.15, -0.1) is 0 Å². The summed E-state index contributed by atoms with van der Waals surface area (Å²) >= 11 is 0. The topological polar surface area (TPSA) is 20.2 Å². The molecule has 2 saturated carbocycles. The Morgan fingerprint density at radius 1 is 1.60 bits per heavy atom. The van der Waals surface area contributed by atoms with Gasteiger partial charge in [0.05, 0.1) is 6.10 Å². The van der Waals surface area contributed by atoms with Gasteiger partial charge in [-0.1, -0.05) is 13.8 Å². The lowest BCUT2D eigenvalue weighted by Crippen LogP contribution is -2.08. The summed E-state index contributed by atoms with van der Waals surface area (Å²) in [6.07, 6.45) is 3.66. The van der Waals surface area contributed by atoms with E-state index in [4.69, 9.17) is 0 Å². The molecule has 0 heterocycles. The maximum atomic E-state index is 9.51. The lowest BCUT2D eigenvalue weighted by molar-refractivity contribution is 0.153. The Morgan fingerprint density at radius 2 is 2.30 bits per heavy atom. The van der Waals surface area contributed by atoms with Crippen molar-refractivity contribution in [3.05, 3.63) is 0 Å². The normalized spacial score (nSPS) is 58.5. The van der Waals surface area contributed by atoms with Gasteiger partial charge in [0.1, 0.15) is 0 Å². The standard InChI is InChI=1S/C9H16O/c1-3-9-5-7(9)8(10)4-6(9)2/h6-8,10H,3-5H2,1-2H3/t6-,7+,8+,9-/m0/s1. The number of hydrogen-bond donors (Lipinski definition) is 1. The summed E-state index contributed by atoms with van der Waals surface area (Å²) in [6.45, 7) is 4.55. The van der Waals surface area contributed by atoms with E-state index in [0.717, 1.165) is 12.3 Å². The minimum absolute atomic E-state index is 0.0370. The fraction of sp³-hybridized carbons (Fsp3) is 1.00. The molecular weight excluding hydrogens is 124 g/mol. The SMILES string of the molecule is CC[C@@]12C[C@@H]1[C@H](O)C[C@@H]2C. The van der Waals surface area contributed by atoms with E-state index in [1.165, 1.54) is 12.8 Å². The highest BCUT2D eigenvalue weighted by molar-refractivity contribution is 5.12. The average molecular weight is 140 g/mol. The van der Waals surface area contributed by atoms with Crippen LogP contribution in [-0.4, -0.2) is 11.2 Å². The molecule has 0 unspecified atom stereocenters. The molecular formula is C9H16O. The van der Waals surface area contributed by atoms with E-state index in [9.17, 15) is 5.11 Å². The number of rotatable bonds is 1. The predicted molar refractivity (Wildman–Crippen MR) is 40.6 cm³/mol. The summed E-state index contributed by atoms with van der Waals surface area (Å²) in [6, 6.07) is 0. The lowest BCUT2D eigenvalue weighted by Gasteiger charge is -2.15. The zero-order valence-electron chi connectivity index (χ0n) is 6.80. The van der Waals surface area contributed by atoms with Crippen LogP contribution in [0.1, 0.15) is 33.1 Å². The molecule has 0 saturated heterocycles. The molecule has 0 aromatic carbocycles. The molecule has 0 radical (unpaired) electrons. The van der Waals surface area contributed by atoms with Crippen molar-refractivity contribution in [2.45, 2.75) is 39.2 Å². The summed E-state index contributed by atoms with van der Waals surface area (Å²) in [5.41, 5.74) is 0.583. The Labute approximate surface area is 62.4 Å². The molecule has 0 aromatic rings. The zero-order valence-corrected chi connectivity index (χ0v) is 6.80. The van der Waals surface area contributed by atoms with E-state index in [1.54, 1.807) is 0 Å². The Bertz CT molecular complexity index is 151. The third-order valence-corrected chi connectivity index (χ3v) is 3.88. The third-order valence-electron chi connectivity index (χ3n) is 3.88. The minimum atomic E-state index is 0.0370. The highest BCUT2D eigenvalue weighted by Crippen LogP contribution is 2.68. The zero-order chi connectivity index (χ0) is 7.35. The minimum Gasteiger partial charge on any atom is -0.393 e. The second kappa shape index (κ2) is 1.76. The van der Waals surface area contributed by atoms with Gasteiger partial charge in [-0.05, 0) is 36.5 Å². The van der Waals surface area contributed by atoms with Crippen LogP contribution in [0, 0.1) is 17.3 Å². The van der Waals surface area contributed by atoms with Crippen molar-refractivity contribution >= 4 is 0 Å². The van der Waals surface area contributed by atoms with Gasteiger partial charge in [0.25, 0.3) is 0 Å². The van der Waals surface area contributed by atoms with Crippen molar-refractivity contribution in [3.63, 3.8) is 0 Å². The molecule has 0 bridgehead atoms. The van der Waals surface area contributed by atoms with E-state index in [0.29, 0.717) is 11.3 Å². The summed E-state index contributed by atoms with van der Waals surface area (Å²) in [4.78, 5) is 0. The van der Waals surface area contributed by atoms with Crippen molar-refractivity contribution in [3.8, 4) is 0 Å². The van der Waals surface area contributed by atoms with Crippen LogP contribution < -0.4 is 0 Å². The summed E-state index contributed by atoms with van der Waals surface area (Å²) in [7, 11) is 0. The molecule has 1 heteroatoms. The molecule has 0 amide bonds. The van der Waals surface area contributed by atoms with Gasteiger partial charge in [-0.3, -0.25) is 0 Å². The van der Waals surface area contributed by atoms with Crippen LogP contribution in [0.25, 0.3) is 0 Å². The number of aliphatic hydroxyl groups is 1. The molecule has 4 atom stereocenters. The Kier molecular flexibility index (Phi) is 1.17. The molecule has 1 nitrogen and oxygen atoms in total. The van der Waals surface area contributed by atoms with Gasteiger partial charge in [0.15, 0.2) is 0 Å². The fourth-order valence-electron chi connectivity index (χ4n) is 2.95. The van der Waals surface area contributed by atoms with Crippen LogP contribution in [0.5, 0.6) is 0 Å². The first-order valence-corrected chi connectivity index (χ1v) is 4.39.